The SMILES string of the molecule is FCCCCCCCNCCCCCCNC1NCCCCCCCN1. The molecule has 4 nitrogen and oxygen atoms in total. The standard InChI is InChI=1S/C21H45FN4/c22-15-9-3-1-4-10-16-23-17-11-7-8-14-20-26-21-24-18-12-5-2-6-13-19-25-21/h21,23-26H,1-20H2. The van der Waals surface area contributed by atoms with Crippen LogP contribution in [-0.4, -0.2) is 45.7 Å². The zero-order chi connectivity index (χ0) is 18.5. The van der Waals surface area contributed by atoms with Gasteiger partial charge in [0, 0.05) is 0 Å². The zero-order valence-electron chi connectivity index (χ0n) is 17.1. The van der Waals surface area contributed by atoms with Gasteiger partial charge in [-0.2, -0.15) is 0 Å². The van der Waals surface area contributed by atoms with Crippen molar-refractivity contribution in [2.75, 3.05) is 39.4 Å². The largest absolute Gasteiger partial charge is 0.317 e. The molecule has 0 aromatic carbocycles. The van der Waals surface area contributed by atoms with Gasteiger partial charge < -0.3 is 5.32 Å². The molecule has 0 bridgehead atoms. The molecule has 4 N–H and O–H groups in total. The molecule has 1 aliphatic heterocycles. The molecule has 0 aromatic rings. The van der Waals surface area contributed by atoms with Crippen molar-refractivity contribution < 1.29 is 4.39 Å². The van der Waals surface area contributed by atoms with Crippen LogP contribution in [0.1, 0.15) is 89.9 Å². The van der Waals surface area contributed by atoms with Crippen LogP contribution in [0.5, 0.6) is 0 Å². The van der Waals surface area contributed by atoms with Crippen LogP contribution < -0.4 is 21.3 Å². The van der Waals surface area contributed by atoms with E-state index >= 15 is 0 Å². The van der Waals surface area contributed by atoms with E-state index in [2.05, 4.69) is 21.3 Å². The number of unbranched alkanes of at least 4 members (excludes halogenated alkanes) is 7. The van der Waals surface area contributed by atoms with Crippen molar-refractivity contribution in [1.82, 2.24) is 21.3 Å². The Bertz CT molecular complexity index is 269. The van der Waals surface area contributed by atoms with Gasteiger partial charge in [-0.1, -0.05) is 51.4 Å². The van der Waals surface area contributed by atoms with Crippen LogP contribution in [0.4, 0.5) is 4.39 Å². The number of hydrogen-bond acceptors (Lipinski definition) is 4. The molecule has 0 amide bonds. The second-order valence-corrected chi connectivity index (χ2v) is 7.68. The number of nitrogens with one attached hydrogen (secondary N) is 4. The van der Waals surface area contributed by atoms with Crippen LogP contribution in [0.3, 0.4) is 0 Å². The summed E-state index contributed by atoms with van der Waals surface area (Å²) in [6.45, 7) is 5.44. The third kappa shape index (κ3) is 16.0. The Morgan fingerprint density at radius 1 is 0.615 bits per heavy atom. The number of halogens is 1. The molecule has 0 radical (unpaired) electrons. The predicted octanol–water partition coefficient (Wildman–Crippen LogP) is 4.07. The summed E-state index contributed by atoms with van der Waals surface area (Å²) in [7, 11) is 0. The monoisotopic (exact) mass is 372 g/mol. The van der Waals surface area contributed by atoms with Crippen LogP contribution in [-0.2, 0) is 0 Å². The summed E-state index contributed by atoms with van der Waals surface area (Å²) < 4.78 is 12.0. The van der Waals surface area contributed by atoms with E-state index in [1.54, 1.807) is 0 Å². The fourth-order valence-electron chi connectivity index (χ4n) is 3.46. The van der Waals surface area contributed by atoms with Crippen LogP contribution in [0.15, 0.2) is 0 Å². The first kappa shape index (κ1) is 23.8. The molecular weight excluding hydrogens is 327 g/mol. The summed E-state index contributed by atoms with van der Waals surface area (Å²) in [6, 6.07) is 0. The van der Waals surface area contributed by atoms with Gasteiger partial charge in [0.25, 0.3) is 0 Å². The Hall–Kier alpha value is -0.230. The maximum Gasteiger partial charge on any atom is 0.111 e. The van der Waals surface area contributed by atoms with Gasteiger partial charge in [-0.15, -0.1) is 0 Å². The topological polar surface area (TPSA) is 48.1 Å². The van der Waals surface area contributed by atoms with E-state index in [9.17, 15) is 4.39 Å². The van der Waals surface area contributed by atoms with E-state index in [0.717, 1.165) is 45.6 Å². The Labute approximate surface area is 161 Å². The van der Waals surface area contributed by atoms with Crippen molar-refractivity contribution >= 4 is 0 Å². The lowest BCUT2D eigenvalue weighted by Gasteiger charge is -2.23. The first-order chi connectivity index (χ1) is 12.9. The maximum absolute atomic E-state index is 12.0. The van der Waals surface area contributed by atoms with Crippen molar-refractivity contribution in [3.05, 3.63) is 0 Å². The van der Waals surface area contributed by atoms with Crippen LogP contribution in [0.25, 0.3) is 0 Å². The molecule has 0 spiro atoms. The first-order valence-corrected chi connectivity index (χ1v) is 11.4. The van der Waals surface area contributed by atoms with Gasteiger partial charge in [0.05, 0.1) is 6.67 Å². The zero-order valence-corrected chi connectivity index (χ0v) is 17.1. The lowest BCUT2D eigenvalue weighted by atomic mass is 10.1. The lowest BCUT2D eigenvalue weighted by molar-refractivity contribution is 0.336. The van der Waals surface area contributed by atoms with Crippen molar-refractivity contribution in [2.45, 2.75) is 96.2 Å². The second kappa shape index (κ2) is 19.5. The van der Waals surface area contributed by atoms with E-state index in [1.165, 1.54) is 77.0 Å². The molecule has 26 heavy (non-hydrogen) atoms. The Balaban J connectivity index is 1.80. The lowest BCUT2D eigenvalue weighted by Crippen LogP contribution is -2.53. The molecule has 1 rings (SSSR count). The summed E-state index contributed by atoms with van der Waals surface area (Å²) in [4.78, 5) is 0. The molecule has 1 aliphatic rings. The van der Waals surface area contributed by atoms with E-state index < -0.39 is 0 Å². The van der Waals surface area contributed by atoms with E-state index in [-0.39, 0.29) is 6.67 Å². The molecule has 0 atom stereocenters. The smallest absolute Gasteiger partial charge is 0.111 e. The highest BCUT2D eigenvalue weighted by Crippen LogP contribution is 2.04. The van der Waals surface area contributed by atoms with Crippen molar-refractivity contribution in [3.63, 3.8) is 0 Å². The second-order valence-electron chi connectivity index (χ2n) is 7.68. The normalized spacial score (nSPS) is 17.4. The van der Waals surface area contributed by atoms with Gasteiger partial charge in [0.1, 0.15) is 6.29 Å². The molecule has 0 aromatic heterocycles. The highest BCUT2D eigenvalue weighted by Gasteiger charge is 2.06. The first-order valence-electron chi connectivity index (χ1n) is 11.4. The van der Waals surface area contributed by atoms with Gasteiger partial charge in [0.15, 0.2) is 0 Å². The van der Waals surface area contributed by atoms with Crippen molar-refractivity contribution in [2.24, 2.45) is 0 Å². The van der Waals surface area contributed by atoms with Crippen molar-refractivity contribution in [1.29, 1.82) is 0 Å². The predicted molar refractivity (Wildman–Crippen MR) is 111 cm³/mol. The van der Waals surface area contributed by atoms with Gasteiger partial charge in [-0.3, -0.25) is 20.3 Å². The molecular formula is C21H45FN4. The van der Waals surface area contributed by atoms with Gasteiger partial charge >= 0.3 is 0 Å². The van der Waals surface area contributed by atoms with E-state index in [4.69, 9.17) is 0 Å². The van der Waals surface area contributed by atoms with E-state index in [1.807, 2.05) is 0 Å². The molecule has 0 saturated carbocycles. The molecule has 156 valence electrons. The highest BCUT2D eigenvalue weighted by atomic mass is 19.1. The fraction of sp³-hybridized carbons (Fsp3) is 1.00. The average molecular weight is 373 g/mol. The van der Waals surface area contributed by atoms with Gasteiger partial charge in [-0.25, -0.2) is 0 Å². The number of hydrogen-bond donors (Lipinski definition) is 4. The fourth-order valence-corrected chi connectivity index (χ4v) is 3.46. The third-order valence-corrected chi connectivity index (χ3v) is 5.17. The minimum absolute atomic E-state index is 0.151. The van der Waals surface area contributed by atoms with Gasteiger partial charge in [-0.05, 0) is 71.2 Å². The minimum Gasteiger partial charge on any atom is -0.317 e. The van der Waals surface area contributed by atoms with Gasteiger partial charge in [0.2, 0.25) is 0 Å². The number of rotatable bonds is 15. The maximum atomic E-state index is 12.0. The van der Waals surface area contributed by atoms with Crippen LogP contribution in [0.2, 0.25) is 0 Å². The summed E-state index contributed by atoms with van der Waals surface area (Å²) >= 11 is 0. The summed E-state index contributed by atoms with van der Waals surface area (Å²) in [5.74, 6) is 0. The van der Waals surface area contributed by atoms with Crippen LogP contribution >= 0.6 is 0 Å². The van der Waals surface area contributed by atoms with Crippen molar-refractivity contribution in [3.8, 4) is 0 Å². The van der Waals surface area contributed by atoms with Crippen LogP contribution in [0, 0.1) is 0 Å². The molecule has 1 fully saturated rings. The van der Waals surface area contributed by atoms with E-state index in [0.29, 0.717) is 6.29 Å². The summed E-state index contributed by atoms with van der Waals surface area (Å²) in [6.07, 6.45) is 17.6. The molecule has 0 unspecified atom stereocenters. The molecule has 0 aliphatic carbocycles. The quantitative estimate of drug-likeness (QED) is 0.327. The molecule has 5 heteroatoms. The number of alkyl halides is 1. The third-order valence-electron chi connectivity index (χ3n) is 5.17. The Morgan fingerprint density at radius 2 is 1.12 bits per heavy atom. The molecule has 1 heterocycles. The Kier molecular flexibility index (Phi) is 17.9. The molecule has 1 saturated heterocycles. The Morgan fingerprint density at radius 3 is 1.73 bits per heavy atom. The average Bonchev–Trinajstić information content (AvgIpc) is 2.67. The highest BCUT2D eigenvalue weighted by molar-refractivity contribution is 4.65. The summed E-state index contributed by atoms with van der Waals surface area (Å²) in [5.41, 5.74) is 0. The summed E-state index contributed by atoms with van der Waals surface area (Å²) in [5, 5.41) is 14.3. The minimum atomic E-state index is -0.151.